The number of carbonyl (C=O) groups is 2. The molecule has 0 bridgehead atoms. The number of amides is 2. The minimum Gasteiger partial charge on any atom is -0.351 e. The highest BCUT2D eigenvalue weighted by atomic mass is 32.2. The minimum atomic E-state index is -4.96. The van der Waals surface area contributed by atoms with E-state index in [9.17, 15) is 22.8 Å². The van der Waals surface area contributed by atoms with Gasteiger partial charge >= 0.3 is 12.1 Å². The van der Waals surface area contributed by atoms with Crippen LogP contribution in [-0.2, 0) is 9.59 Å². The third kappa shape index (κ3) is 4.46. The van der Waals surface area contributed by atoms with Gasteiger partial charge < -0.3 is 10.2 Å². The Morgan fingerprint density at radius 1 is 1.23 bits per heavy atom. The van der Waals surface area contributed by atoms with Gasteiger partial charge in [0, 0.05) is 18.8 Å². The number of aliphatic imine (C=N–C) groups is 1. The van der Waals surface area contributed by atoms with E-state index in [1.54, 1.807) is 17.5 Å². The van der Waals surface area contributed by atoms with Crippen molar-refractivity contribution in [3.8, 4) is 0 Å². The van der Waals surface area contributed by atoms with E-state index >= 15 is 0 Å². The van der Waals surface area contributed by atoms with Crippen molar-refractivity contribution < 1.29 is 22.8 Å². The first-order chi connectivity index (χ1) is 12.3. The predicted molar refractivity (Wildman–Crippen MR) is 94.6 cm³/mol. The molecule has 138 valence electrons. The fraction of sp³-hybridized carbons (Fsp3) is 0.353. The van der Waals surface area contributed by atoms with Gasteiger partial charge in [-0.2, -0.15) is 18.2 Å². The number of hydrogen-bond donors (Lipinski definition) is 1. The molecule has 5 nitrogen and oxygen atoms in total. The van der Waals surface area contributed by atoms with E-state index in [0.717, 1.165) is 25.9 Å². The molecule has 9 heteroatoms. The number of nitrogens with zero attached hydrogens (tertiary/aromatic N) is 2. The first-order valence-corrected chi connectivity index (χ1v) is 8.90. The molecular formula is C17H16F3N3O2S. The standard InChI is InChI=1S/C17H16F3N3O2S/c18-17(19,20)15(25)21-12-6-4-5-11(9-12)10-13-14(24)22-16(26-13)23-7-2-1-3-8-23/h4-6,9-10H,1-3,7-8H2,(H,21,25)/b13-10-. The van der Waals surface area contributed by atoms with Crippen LogP contribution in [0.5, 0.6) is 0 Å². The summed E-state index contributed by atoms with van der Waals surface area (Å²) in [4.78, 5) is 29.7. The van der Waals surface area contributed by atoms with Gasteiger partial charge in [0.2, 0.25) is 0 Å². The molecule has 0 unspecified atom stereocenters. The van der Waals surface area contributed by atoms with Gasteiger partial charge in [0.25, 0.3) is 5.91 Å². The number of alkyl halides is 3. The van der Waals surface area contributed by atoms with E-state index in [-0.39, 0.29) is 11.6 Å². The number of halogens is 3. The Labute approximate surface area is 152 Å². The van der Waals surface area contributed by atoms with Gasteiger partial charge in [-0.3, -0.25) is 9.59 Å². The van der Waals surface area contributed by atoms with E-state index in [0.29, 0.717) is 15.6 Å². The lowest BCUT2D eigenvalue weighted by molar-refractivity contribution is -0.167. The highest BCUT2D eigenvalue weighted by Gasteiger charge is 2.38. The van der Waals surface area contributed by atoms with Crippen molar-refractivity contribution in [3.05, 3.63) is 34.7 Å². The monoisotopic (exact) mass is 383 g/mol. The van der Waals surface area contributed by atoms with E-state index in [4.69, 9.17) is 0 Å². The number of nitrogens with one attached hydrogen (secondary N) is 1. The lowest BCUT2D eigenvalue weighted by atomic mass is 10.1. The number of piperidine rings is 1. The van der Waals surface area contributed by atoms with Gasteiger partial charge in [-0.05, 0) is 54.8 Å². The SMILES string of the molecule is O=C1N=C(N2CCCCC2)S/C1=C\c1cccc(NC(=O)C(F)(F)F)c1. The zero-order valence-electron chi connectivity index (χ0n) is 13.7. The zero-order valence-corrected chi connectivity index (χ0v) is 14.5. The van der Waals surface area contributed by atoms with E-state index < -0.39 is 12.1 Å². The van der Waals surface area contributed by atoms with Crippen LogP contribution >= 0.6 is 11.8 Å². The second kappa shape index (κ2) is 7.53. The van der Waals surface area contributed by atoms with Crippen LogP contribution in [0, 0.1) is 0 Å². The maximum absolute atomic E-state index is 12.3. The summed E-state index contributed by atoms with van der Waals surface area (Å²) in [5, 5.41) is 2.47. The van der Waals surface area contributed by atoms with Crippen molar-refractivity contribution >= 4 is 40.5 Å². The van der Waals surface area contributed by atoms with E-state index in [1.165, 1.54) is 36.4 Å². The lowest BCUT2D eigenvalue weighted by Crippen LogP contribution is -2.33. The highest BCUT2D eigenvalue weighted by molar-refractivity contribution is 8.18. The molecular weight excluding hydrogens is 367 g/mol. The number of rotatable bonds is 2. The highest BCUT2D eigenvalue weighted by Crippen LogP contribution is 2.31. The molecule has 0 saturated carbocycles. The molecule has 3 rings (SSSR count). The van der Waals surface area contributed by atoms with Crippen molar-refractivity contribution in [3.63, 3.8) is 0 Å². The van der Waals surface area contributed by atoms with Crippen molar-refractivity contribution in [2.24, 2.45) is 4.99 Å². The average Bonchev–Trinajstić information content (AvgIpc) is 2.96. The Hall–Kier alpha value is -2.29. The Bertz CT molecular complexity index is 784. The van der Waals surface area contributed by atoms with Gasteiger partial charge in [-0.1, -0.05) is 12.1 Å². The van der Waals surface area contributed by atoms with Crippen LogP contribution < -0.4 is 5.32 Å². The summed E-state index contributed by atoms with van der Waals surface area (Å²) in [6.07, 6.45) is -0.0946. The van der Waals surface area contributed by atoms with E-state index in [2.05, 4.69) is 9.89 Å². The third-order valence-electron chi connectivity index (χ3n) is 3.94. The zero-order chi connectivity index (χ0) is 18.7. The number of thioether (sulfide) groups is 1. The molecule has 2 heterocycles. The molecule has 0 spiro atoms. The Balaban J connectivity index is 1.71. The Morgan fingerprint density at radius 3 is 2.65 bits per heavy atom. The summed E-state index contributed by atoms with van der Waals surface area (Å²) in [5.41, 5.74) is 0.519. The summed E-state index contributed by atoms with van der Waals surface area (Å²) in [5.74, 6) is -2.40. The first-order valence-electron chi connectivity index (χ1n) is 8.09. The predicted octanol–water partition coefficient (Wildman–Crippen LogP) is 3.64. The van der Waals surface area contributed by atoms with Crippen molar-refractivity contribution in [1.82, 2.24) is 4.90 Å². The first kappa shape index (κ1) is 18.5. The molecule has 1 aromatic carbocycles. The maximum Gasteiger partial charge on any atom is 0.471 e. The number of likely N-dealkylation sites (tertiary alicyclic amines) is 1. The summed E-state index contributed by atoms with van der Waals surface area (Å²) >= 11 is 1.26. The number of carbonyl (C=O) groups excluding carboxylic acids is 2. The minimum absolute atomic E-state index is 0.00860. The summed E-state index contributed by atoms with van der Waals surface area (Å²) in [6.45, 7) is 1.73. The smallest absolute Gasteiger partial charge is 0.351 e. The van der Waals surface area contributed by atoms with Crippen LogP contribution in [0.25, 0.3) is 6.08 Å². The molecule has 1 fully saturated rings. The molecule has 1 N–H and O–H groups in total. The molecule has 1 aromatic rings. The second-order valence-corrected chi connectivity index (χ2v) is 6.94. The molecule has 0 aliphatic carbocycles. The molecule has 2 aliphatic heterocycles. The van der Waals surface area contributed by atoms with Crippen molar-refractivity contribution in [1.29, 1.82) is 0 Å². The third-order valence-corrected chi connectivity index (χ3v) is 4.98. The number of amidine groups is 1. The molecule has 2 aliphatic rings. The second-order valence-electron chi connectivity index (χ2n) is 5.94. The van der Waals surface area contributed by atoms with Crippen molar-refractivity contribution in [2.45, 2.75) is 25.4 Å². The number of anilines is 1. The fourth-order valence-electron chi connectivity index (χ4n) is 2.68. The van der Waals surface area contributed by atoms with Gasteiger partial charge in [0.05, 0.1) is 4.91 Å². The van der Waals surface area contributed by atoms with Crippen LogP contribution in [-0.4, -0.2) is 41.1 Å². The Kier molecular flexibility index (Phi) is 5.36. The largest absolute Gasteiger partial charge is 0.471 e. The summed E-state index contributed by atoms with van der Waals surface area (Å²) < 4.78 is 37.0. The van der Waals surface area contributed by atoms with Gasteiger partial charge in [-0.15, -0.1) is 0 Å². The molecule has 2 amide bonds. The van der Waals surface area contributed by atoms with Crippen LogP contribution in [0.2, 0.25) is 0 Å². The molecule has 0 atom stereocenters. The fourth-order valence-corrected chi connectivity index (χ4v) is 3.64. The van der Waals surface area contributed by atoms with Crippen LogP contribution in [0.1, 0.15) is 24.8 Å². The normalized spacial score (nSPS) is 19.7. The van der Waals surface area contributed by atoms with Gasteiger partial charge in [0.1, 0.15) is 0 Å². The van der Waals surface area contributed by atoms with Crippen molar-refractivity contribution in [2.75, 3.05) is 18.4 Å². The molecule has 0 aromatic heterocycles. The molecule has 1 saturated heterocycles. The van der Waals surface area contributed by atoms with Gasteiger partial charge in [0.15, 0.2) is 5.17 Å². The Morgan fingerprint density at radius 2 is 1.96 bits per heavy atom. The molecule has 26 heavy (non-hydrogen) atoms. The van der Waals surface area contributed by atoms with Gasteiger partial charge in [-0.25, -0.2) is 0 Å². The number of benzene rings is 1. The average molecular weight is 383 g/mol. The lowest BCUT2D eigenvalue weighted by Gasteiger charge is -2.27. The molecule has 0 radical (unpaired) electrons. The maximum atomic E-state index is 12.3. The van der Waals surface area contributed by atoms with Crippen LogP contribution in [0.3, 0.4) is 0 Å². The summed E-state index contributed by atoms with van der Waals surface area (Å²) in [7, 11) is 0. The van der Waals surface area contributed by atoms with E-state index in [1.807, 2.05) is 0 Å². The quantitative estimate of drug-likeness (QED) is 0.792. The van der Waals surface area contributed by atoms with Crippen LogP contribution in [0.15, 0.2) is 34.2 Å². The topological polar surface area (TPSA) is 61.8 Å². The summed E-state index contributed by atoms with van der Waals surface area (Å²) in [6, 6.07) is 5.88. The number of hydrogen-bond acceptors (Lipinski definition) is 4. The van der Waals surface area contributed by atoms with Crippen LogP contribution in [0.4, 0.5) is 18.9 Å².